The van der Waals surface area contributed by atoms with Gasteiger partial charge in [-0.1, -0.05) is 13.8 Å². The molecule has 1 aliphatic carbocycles. The van der Waals surface area contributed by atoms with E-state index in [1.165, 1.54) is 0 Å². The number of amides is 1. The Morgan fingerprint density at radius 2 is 1.95 bits per heavy atom. The van der Waals surface area contributed by atoms with Gasteiger partial charge in [0.2, 0.25) is 0 Å². The number of hydrogen-bond acceptors (Lipinski definition) is 1. The van der Waals surface area contributed by atoms with Crippen molar-refractivity contribution in [2.24, 2.45) is 5.41 Å². The fraction of sp³-hybridized carbons (Fsp3) is 0.462. The summed E-state index contributed by atoms with van der Waals surface area (Å²) in [6.07, 6.45) is -3.86. The lowest BCUT2D eigenvalue weighted by molar-refractivity contribution is -0.137. The van der Waals surface area contributed by atoms with Crippen LogP contribution < -0.4 is 5.32 Å². The Morgan fingerprint density at radius 3 is 2.42 bits per heavy atom. The molecule has 1 atom stereocenters. The van der Waals surface area contributed by atoms with E-state index in [0.29, 0.717) is 18.2 Å². The van der Waals surface area contributed by atoms with Gasteiger partial charge in [0.15, 0.2) is 0 Å². The second kappa shape index (κ2) is 4.21. The molecule has 104 valence electrons. The number of halogens is 4. The Morgan fingerprint density at radius 1 is 1.37 bits per heavy atom. The van der Waals surface area contributed by atoms with Crippen LogP contribution in [0.5, 0.6) is 0 Å². The number of carbonyl (C=O) groups excluding carboxylic acids is 1. The van der Waals surface area contributed by atoms with Gasteiger partial charge >= 0.3 is 6.18 Å². The summed E-state index contributed by atoms with van der Waals surface area (Å²) in [6, 6.07) is 1.71. The lowest BCUT2D eigenvalue weighted by atomic mass is 10.1. The van der Waals surface area contributed by atoms with Crippen molar-refractivity contribution in [2.75, 3.05) is 0 Å². The smallest absolute Gasteiger partial charge is 0.349 e. The summed E-state index contributed by atoms with van der Waals surface area (Å²) in [5, 5.41) is 2.53. The van der Waals surface area contributed by atoms with Crippen molar-refractivity contribution in [1.82, 2.24) is 5.32 Å². The third kappa shape index (κ3) is 2.88. The van der Waals surface area contributed by atoms with Crippen LogP contribution >= 0.6 is 0 Å². The van der Waals surface area contributed by atoms with Crippen LogP contribution in [0.4, 0.5) is 17.6 Å². The van der Waals surface area contributed by atoms with E-state index in [-0.39, 0.29) is 11.5 Å². The maximum Gasteiger partial charge on any atom is 0.416 e. The minimum atomic E-state index is -4.60. The number of carbonyl (C=O) groups is 1. The molecule has 0 radical (unpaired) electrons. The summed E-state index contributed by atoms with van der Waals surface area (Å²) in [6.45, 7) is 3.83. The topological polar surface area (TPSA) is 29.1 Å². The van der Waals surface area contributed by atoms with Crippen molar-refractivity contribution in [3.63, 3.8) is 0 Å². The van der Waals surface area contributed by atoms with Crippen LogP contribution in [0.2, 0.25) is 0 Å². The molecule has 0 heterocycles. The minimum absolute atomic E-state index is 0.0756. The quantitative estimate of drug-likeness (QED) is 0.824. The molecule has 2 rings (SSSR count). The maximum atomic E-state index is 13.4. The third-order valence-electron chi connectivity index (χ3n) is 3.36. The van der Waals surface area contributed by atoms with Crippen LogP contribution in [0.15, 0.2) is 18.2 Å². The SMILES string of the molecule is CC1(C)CC1NC(=O)c1cc(C(F)(F)F)ccc1F. The third-order valence-corrected chi connectivity index (χ3v) is 3.36. The van der Waals surface area contributed by atoms with E-state index in [9.17, 15) is 22.4 Å². The van der Waals surface area contributed by atoms with Gasteiger partial charge in [-0.3, -0.25) is 4.79 Å². The molecular formula is C13H13F4NO. The van der Waals surface area contributed by atoms with E-state index in [1.807, 2.05) is 13.8 Å². The second-order valence-electron chi connectivity index (χ2n) is 5.41. The van der Waals surface area contributed by atoms with Gasteiger partial charge in [-0.25, -0.2) is 4.39 Å². The van der Waals surface area contributed by atoms with Crippen molar-refractivity contribution in [3.05, 3.63) is 35.1 Å². The van der Waals surface area contributed by atoms with Crippen LogP contribution in [0.3, 0.4) is 0 Å². The van der Waals surface area contributed by atoms with Gasteiger partial charge in [0.05, 0.1) is 11.1 Å². The molecule has 0 spiro atoms. The van der Waals surface area contributed by atoms with Crippen molar-refractivity contribution in [3.8, 4) is 0 Å². The zero-order chi connectivity index (χ0) is 14.4. The van der Waals surface area contributed by atoms with Crippen LogP contribution in [0.1, 0.15) is 36.2 Å². The normalized spacial score (nSPS) is 21.1. The van der Waals surface area contributed by atoms with Crippen LogP contribution in [0.25, 0.3) is 0 Å². The van der Waals surface area contributed by atoms with E-state index in [2.05, 4.69) is 5.32 Å². The fourth-order valence-corrected chi connectivity index (χ4v) is 1.83. The van der Waals surface area contributed by atoms with Crippen molar-refractivity contribution in [2.45, 2.75) is 32.5 Å². The van der Waals surface area contributed by atoms with E-state index >= 15 is 0 Å². The highest BCUT2D eigenvalue weighted by molar-refractivity contribution is 5.95. The highest BCUT2D eigenvalue weighted by Gasteiger charge is 2.46. The first-order valence-corrected chi connectivity index (χ1v) is 5.79. The van der Waals surface area contributed by atoms with Gasteiger partial charge in [-0.15, -0.1) is 0 Å². The molecule has 1 aliphatic rings. The number of nitrogens with one attached hydrogen (secondary N) is 1. The van der Waals surface area contributed by atoms with E-state index in [1.54, 1.807) is 0 Å². The van der Waals surface area contributed by atoms with Crippen LogP contribution in [-0.2, 0) is 6.18 Å². The molecular weight excluding hydrogens is 262 g/mol. The summed E-state index contributed by atoms with van der Waals surface area (Å²) in [4.78, 5) is 11.8. The van der Waals surface area contributed by atoms with E-state index in [0.717, 1.165) is 6.42 Å². The molecule has 1 aromatic rings. The standard InChI is InChI=1S/C13H13F4NO/c1-12(2)6-10(12)18-11(19)8-5-7(13(15,16)17)3-4-9(8)14/h3-5,10H,6H2,1-2H3,(H,18,19). The highest BCUT2D eigenvalue weighted by Crippen LogP contribution is 2.44. The Kier molecular flexibility index (Phi) is 3.07. The van der Waals surface area contributed by atoms with Crippen molar-refractivity contribution < 1.29 is 22.4 Å². The highest BCUT2D eigenvalue weighted by atomic mass is 19.4. The first-order valence-electron chi connectivity index (χ1n) is 5.79. The minimum Gasteiger partial charge on any atom is -0.349 e. The molecule has 1 saturated carbocycles. The van der Waals surface area contributed by atoms with E-state index in [4.69, 9.17) is 0 Å². The van der Waals surface area contributed by atoms with Crippen molar-refractivity contribution in [1.29, 1.82) is 0 Å². The number of hydrogen-bond donors (Lipinski definition) is 1. The zero-order valence-corrected chi connectivity index (χ0v) is 10.4. The molecule has 1 fully saturated rings. The molecule has 0 bridgehead atoms. The summed E-state index contributed by atoms with van der Waals surface area (Å²) in [5.41, 5.74) is -1.68. The monoisotopic (exact) mass is 275 g/mol. The molecule has 2 nitrogen and oxygen atoms in total. The molecule has 1 amide bonds. The van der Waals surface area contributed by atoms with E-state index < -0.39 is 29.0 Å². The van der Waals surface area contributed by atoms with Crippen molar-refractivity contribution >= 4 is 5.91 Å². The molecule has 1 N–H and O–H groups in total. The molecule has 0 aliphatic heterocycles. The van der Waals surface area contributed by atoms with Crippen LogP contribution in [-0.4, -0.2) is 11.9 Å². The molecule has 1 unspecified atom stereocenters. The first kappa shape index (κ1) is 13.8. The Balaban J connectivity index is 2.21. The Labute approximate surface area is 107 Å². The summed E-state index contributed by atoms with van der Waals surface area (Å²) in [5.74, 6) is -1.76. The van der Waals surface area contributed by atoms with Gasteiger partial charge in [0, 0.05) is 6.04 Å². The average Bonchev–Trinajstić information content (AvgIpc) is 2.84. The molecule has 0 aromatic heterocycles. The predicted molar refractivity (Wildman–Crippen MR) is 61.1 cm³/mol. The molecule has 0 saturated heterocycles. The summed E-state index contributed by atoms with van der Waals surface area (Å²) in [7, 11) is 0. The maximum absolute atomic E-state index is 13.4. The zero-order valence-electron chi connectivity index (χ0n) is 10.4. The first-order chi connectivity index (χ1) is 8.61. The van der Waals surface area contributed by atoms with Gasteiger partial charge < -0.3 is 5.32 Å². The molecule has 1 aromatic carbocycles. The fourth-order valence-electron chi connectivity index (χ4n) is 1.83. The average molecular weight is 275 g/mol. The molecule has 19 heavy (non-hydrogen) atoms. The summed E-state index contributed by atoms with van der Waals surface area (Å²) < 4.78 is 51.0. The lowest BCUT2D eigenvalue weighted by Gasteiger charge is -2.11. The summed E-state index contributed by atoms with van der Waals surface area (Å²) >= 11 is 0. The van der Waals surface area contributed by atoms with Gasteiger partial charge in [0.25, 0.3) is 5.91 Å². The largest absolute Gasteiger partial charge is 0.416 e. The lowest BCUT2D eigenvalue weighted by Crippen LogP contribution is -2.29. The predicted octanol–water partition coefficient (Wildman–Crippen LogP) is 3.37. The Hall–Kier alpha value is -1.59. The molecule has 6 heteroatoms. The van der Waals surface area contributed by atoms with Gasteiger partial charge in [-0.05, 0) is 30.0 Å². The Bertz CT molecular complexity index is 522. The second-order valence-corrected chi connectivity index (χ2v) is 5.41. The van der Waals surface area contributed by atoms with Crippen LogP contribution in [0, 0.1) is 11.2 Å². The van der Waals surface area contributed by atoms with Gasteiger partial charge in [-0.2, -0.15) is 13.2 Å². The number of benzene rings is 1. The number of rotatable bonds is 2. The van der Waals surface area contributed by atoms with Gasteiger partial charge in [0.1, 0.15) is 5.82 Å². The number of alkyl halides is 3.